The van der Waals surface area contributed by atoms with E-state index in [0.717, 1.165) is 22.9 Å². The Balaban J connectivity index is 2.00. The molecule has 2 atom stereocenters. The number of carbonyl (C=O) groups is 2. The molecule has 0 fully saturated rings. The van der Waals surface area contributed by atoms with E-state index in [0.29, 0.717) is 17.5 Å². The van der Waals surface area contributed by atoms with Crippen LogP contribution >= 0.6 is 0 Å². The molecule has 0 N–H and O–H groups in total. The van der Waals surface area contributed by atoms with E-state index in [4.69, 9.17) is 4.74 Å². The molecule has 0 spiro atoms. The second-order valence-electron chi connectivity index (χ2n) is 9.73. The van der Waals surface area contributed by atoms with Gasteiger partial charge in [-0.15, -0.1) is 0 Å². The Labute approximate surface area is 196 Å². The van der Waals surface area contributed by atoms with Crippen LogP contribution in [0.15, 0.2) is 60.7 Å². The molecular weight excluding hydrogens is 443 g/mol. The minimum absolute atomic E-state index is 0.194. The number of aldehydes is 1. The third kappa shape index (κ3) is 4.71. The van der Waals surface area contributed by atoms with E-state index in [1.807, 2.05) is 57.2 Å². The summed E-state index contributed by atoms with van der Waals surface area (Å²) in [5.74, 6) is -0.439. The van der Waals surface area contributed by atoms with Gasteiger partial charge in [0.15, 0.2) is 0 Å². The van der Waals surface area contributed by atoms with Crippen LogP contribution < -0.4 is 4.90 Å². The molecule has 178 valence electrons. The average molecular weight is 470 g/mol. The van der Waals surface area contributed by atoms with Gasteiger partial charge >= 0.3 is 6.18 Å². The summed E-state index contributed by atoms with van der Waals surface area (Å²) in [4.78, 5) is 26.4. The van der Waals surface area contributed by atoms with E-state index in [1.54, 1.807) is 6.07 Å². The fourth-order valence-corrected chi connectivity index (χ4v) is 4.38. The molecule has 1 heterocycles. The van der Waals surface area contributed by atoms with Crippen molar-refractivity contribution in [1.29, 1.82) is 0 Å². The van der Waals surface area contributed by atoms with Gasteiger partial charge in [-0.2, -0.15) is 13.2 Å². The summed E-state index contributed by atoms with van der Waals surface area (Å²) >= 11 is 0. The maximum Gasteiger partial charge on any atom is 0.416 e. The van der Waals surface area contributed by atoms with Gasteiger partial charge in [0.05, 0.1) is 5.56 Å². The van der Waals surface area contributed by atoms with E-state index < -0.39 is 29.9 Å². The predicted molar refractivity (Wildman–Crippen MR) is 125 cm³/mol. The maximum absolute atomic E-state index is 13.7. The number of anilines is 1. The van der Waals surface area contributed by atoms with Crippen LogP contribution in [0.3, 0.4) is 0 Å². The van der Waals surface area contributed by atoms with E-state index >= 15 is 0 Å². The van der Waals surface area contributed by atoms with Crippen molar-refractivity contribution in [2.24, 2.45) is 5.41 Å². The first-order valence-electron chi connectivity index (χ1n) is 11.1. The van der Waals surface area contributed by atoms with Gasteiger partial charge < -0.3 is 14.4 Å². The summed E-state index contributed by atoms with van der Waals surface area (Å²) < 4.78 is 47.4. The number of fused-ring (bicyclic) bond motifs is 2. The van der Waals surface area contributed by atoms with E-state index in [9.17, 15) is 22.8 Å². The Morgan fingerprint density at radius 3 is 2.35 bits per heavy atom. The molecule has 1 amide bonds. The predicted octanol–water partition coefficient (Wildman–Crippen LogP) is 6.31. The van der Waals surface area contributed by atoms with Crippen LogP contribution in [0.25, 0.3) is 10.8 Å². The number of halogens is 3. The zero-order valence-electron chi connectivity index (χ0n) is 19.2. The highest BCUT2D eigenvalue weighted by Crippen LogP contribution is 2.44. The largest absolute Gasteiger partial charge is 0.416 e. The number of benzene rings is 3. The van der Waals surface area contributed by atoms with Crippen LogP contribution in [0.2, 0.25) is 0 Å². The Kier molecular flexibility index (Phi) is 6.25. The fraction of sp³-hybridized carbons (Fsp3) is 0.333. The minimum atomic E-state index is -4.56. The lowest BCUT2D eigenvalue weighted by Crippen LogP contribution is -2.43. The van der Waals surface area contributed by atoms with Crippen LogP contribution in [0.4, 0.5) is 18.9 Å². The van der Waals surface area contributed by atoms with Crippen LogP contribution in [-0.4, -0.2) is 24.8 Å². The van der Waals surface area contributed by atoms with Gasteiger partial charge in [0, 0.05) is 24.2 Å². The monoisotopic (exact) mass is 469 g/mol. The number of nitrogens with zero attached hydrogens (tertiary/aromatic N) is 1. The molecule has 3 aromatic carbocycles. The molecule has 4 rings (SSSR count). The van der Waals surface area contributed by atoms with Crippen molar-refractivity contribution >= 4 is 28.7 Å². The number of amides is 1. The first kappa shape index (κ1) is 24.0. The quantitative estimate of drug-likeness (QED) is 0.421. The van der Waals surface area contributed by atoms with Gasteiger partial charge in [-0.3, -0.25) is 4.79 Å². The van der Waals surface area contributed by atoms with Crippen molar-refractivity contribution in [1.82, 2.24) is 0 Å². The van der Waals surface area contributed by atoms with Crippen molar-refractivity contribution in [3.8, 4) is 0 Å². The number of hydrogen-bond donors (Lipinski definition) is 0. The Hall–Kier alpha value is -3.19. The van der Waals surface area contributed by atoms with Crippen LogP contribution in [0.1, 0.15) is 50.0 Å². The smallest absolute Gasteiger partial charge is 0.355 e. The molecule has 2 unspecified atom stereocenters. The van der Waals surface area contributed by atoms with Gasteiger partial charge in [0.1, 0.15) is 18.5 Å². The summed E-state index contributed by atoms with van der Waals surface area (Å²) in [6.45, 7) is 6.07. The van der Waals surface area contributed by atoms with Gasteiger partial charge in [-0.25, -0.2) is 0 Å². The molecule has 7 heteroatoms. The first-order chi connectivity index (χ1) is 16.0. The maximum atomic E-state index is 13.7. The molecule has 0 aromatic heterocycles. The van der Waals surface area contributed by atoms with E-state index in [-0.39, 0.29) is 23.9 Å². The topological polar surface area (TPSA) is 46.6 Å². The normalized spacial score (nSPS) is 19.1. The second-order valence-corrected chi connectivity index (χ2v) is 9.73. The van der Waals surface area contributed by atoms with Crippen molar-refractivity contribution in [2.75, 3.05) is 11.4 Å². The molecule has 3 aromatic rings. The average Bonchev–Trinajstić information content (AvgIpc) is 2.88. The van der Waals surface area contributed by atoms with E-state index in [2.05, 4.69) is 0 Å². The Morgan fingerprint density at radius 2 is 1.68 bits per heavy atom. The fourth-order valence-electron chi connectivity index (χ4n) is 4.38. The molecule has 0 saturated carbocycles. The van der Waals surface area contributed by atoms with Crippen LogP contribution in [0, 0.1) is 5.41 Å². The van der Waals surface area contributed by atoms with Crippen molar-refractivity contribution in [3.63, 3.8) is 0 Å². The third-order valence-corrected chi connectivity index (χ3v) is 5.82. The van der Waals surface area contributed by atoms with Crippen molar-refractivity contribution in [2.45, 2.75) is 45.6 Å². The molecule has 0 saturated heterocycles. The number of carbonyl (C=O) groups excluding carboxylic acids is 2. The van der Waals surface area contributed by atoms with Gasteiger partial charge in [-0.1, -0.05) is 63.2 Å². The molecule has 0 bridgehead atoms. The van der Waals surface area contributed by atoms with Gasteiger partial charge in [-0.05, 0) is 39.9 Å². The van der Waals surface area contributed by atoms with Crippen molar-refractivity contribution < 1.29 is 27.5 Å². The lowest BCUT2D eigenvalue weighted by Gasteiger charge is -2.31. The number of ether oxygens (including phenoxy) is 1. The Morgan fingerprint density at radius 1 is 0.971 bits per heavy atom. The molecular formula is C27H26F3NO3. The molecule has 0 aliphatic carbocycles. The number of rotatable bonds is 4. The number of hydrogen-bond acceptors (Lipinski definition) is 3. The zero-order valence-corrected chi connectivity index (χ0v) is 19.2. The lowest BCUT2D eigenvalue weighted by atomic mass is 9.92. The highest BCUT2D eigenvalue weighted by atomic mass is 19.4. The zero-order chi connectivity index (χ0) is 24.7. The molecule has 4 nitrogen and oxygen atoms in total. The lowest BCUT2D eigenvalue weighted by molar-refractivity contribution is -0.138. The standard InChI is InChI=1S/C27H26F3NO3/c1-26(2,3)16-31-22-12-11-18(27(28,29)30)15-21(22)24(34-23(13-14-32)25(31)33)20-10-6-8-17-7-4-5-9-19(17)20/h4-12,14-15,23-24H,13,16H2,1-3H3. The molecule has 1 aliphatic heterocycles. The summed E-state index contributed by atoms with van der Waals surface area (Å²) in [5, 5.41) is 1.70. The summed E-state index contributed by atoms with van der Waals surface area (Å²) in [7, 11) is 0. The summed E-state index contributed by atoms with van der Waals surface area (Å²) in [5.41, 5.74) is 0.0779. The van der Waals surface area contributed by atoms with Crippen molar-refractivity contribution in [3.05, 3.63) is 77.4 Å². The second kappa shape index (κ2) is 8.87. The van der Waals surface area contributed by atoms with Gasteiger partial charge in [0.2, 0.25) is 0 Å². The SMILES string of the molecule is CC(C)(C)CN1C(=O)C(CC=O)OC(c2cccc3ccccc23)c2cc(C(F)(F)F)ccc21. The van der Waals surface area contributed by atoms with E-state index in [1.165, 1.54) is 11.0 Å². The van der Waals surface area contributed by atoms with Crippen LogP contribution in [-0.2, 0) is 20.5 Å². The molecule has 0 radical (unpaired) electrons. The summed E-state index contributed by atoms with van der Waals surface area (Å²) in [6, 6.07) is 16.4. The van der Waals surface area contributed by atoms with Gasteiger partial charge in [0.25, 0.3) is 5.91 Å². The molecule has 1 aliphatic rings. The minimum Gasteiger partial charge on any atom is -0.355 e. The highest BCUT2D eigenvalue weighted by Gasteiger charge is 2.40. The third-order valence-electron chi connectivity index (χ3n) is 5.82. The highest BCUT2D eigenvalue weighted by molar-refractivity contribution is 5.99. The number of alkyl halides is 3. The summed E-state index contributed by atoms with van der Waals surface area (Å²) in [6.07, 6.45) is -6.24. The Bertz CT molecular complexity index is 1220. The van der Waals surface area contributed by atoms with Crippen LogP contribution in [0.5, 0.6) is 0 Å². The molecule has 34 heavy (non-hydrogen) atoms. The first-order valence-corrected chi connectivity index (χ1v) is 11.1.